The summed E-state index contributed by atoms with van der Waals surface area (Å²) in [5, 5.41) is 3.45. The van der Waals surface area contributed by atoms with Gasteiger partial charge >= 0.3 is 0 Å². The van der Waals surface area contributed by atoms with Crippen LogP contribution in [0.2, 0.25) is 4.34 Å². The Kier molecular flexibility index (Phi) is 4.24. The molecular formula is C14H21ClN2S. The molecule has 1 saturated carbocycles. The Balaban J connectivity index is 1.82. The molecule has 4 heteroatoms. The first-order valence-electron chi connectivity index (χ1n) is 7.04. The predicted molar refractivity (Wildman–Crippen MR) is 78.5 cm³/mol. The largest absolute Gasteiger partial charge is 0.314 e. The first-order valence-corrected chi connectivity index (χ1v) is 8.24. The van der Waals surface area contributed by atoms with Gasteiger partial charge in [-0.15, -0.1) is 11.3 Å². The minimum absolute atomic E-state index is 0.618. The number of nitrogens with one attached hydrogen (secondary N) is 1. The van der Waals surface area contributed by atoms with Gasteiger partial charge in [0, 0.05) is 37.1 Å². The van der Waals surface area contributed by atoms with Crippen LogP contribution in [0.5, 0.6) is 0 Å². The zero-order valence-corrected chi connectivity index (χ0v) is 12.3. The Hall–Kier alpha value is -0.0900. The molecule has 1 saturated heterocycles. The Labute approximate surface area is 118 Å². The summed E-state index contributed by atoms with van der Waals surface area (Å²) in [7, 11) is 0. The van der Waals surface area contributed by atoms with Crippen LogP contribution in [0.15, 0.2) is 12.1 Å². The van der Waals surface area contributed by atoms with Gasteiger partial charge in [-0.25, -0.2) is 0 Å². The molecular weight excluding hydrogens is 264 g/mol. The molecule has 0 spiro atoms. The maximum absolute atomic E-state index is 6.14. The second-order valence-corrected chi connectivity index (χ2v) is 7.16. The van der Waals surface area contributed by atoms with Gasteiger partial charge in [0.05, 0.1) is 4.34 Å². The molecule has 2 heterocycles. The van der Waals surface area contributed by atoms with Gasteiger partial charge in [0.2, 0.25) is 0 Å². The van der Waals surface area contributed by atoms with Crippen molar-refractivity contribution in [3.63, 3.8) is 0 Å². The van der Waals surface area contributed by atoms with Crippen molar-refractivity contribution < 1.29 is 0 Å². The lowest BCUT2D eigenvalue weighted by atomic mass is 9.94. The van der Waals surface area contributed by atoms with Gasteiger partial charge in [-0.2, -0.15) is 0 Å². The van der Waals surface area contributed by atoms with Crippen molar-refractivity contribution in [2.45, 2.75) is 31.7 Å². The summed E-state index contributed by atoms with van der Waals surface area (Å²) >= 11 is 7.92. The number of thiophene rings is 1. The fourth-order valence-electron chi connectivity index (χ4n) is 3.43. The molecule has 3 rings (SSSR count). The number of piperazine rings is 1. The molecule has 0 amide bonds. The highest BCUT2D eigenvalue weighted by molar-refractivity contribution is 7.16. The SMILES string of the molecule is Clc1ccc([C@@H](C2CCCC2)N2CCNCC2)s1. The van der Waals surface area contributed by atoms with E-state index in [1.165, 1.54) is 43.6 Å². The molecule has 2 fully saturated rings. The molecule has 1 aliphatic heterocycles. The van der Waals surface area contributed by atoms with Crippen LogP contribution < -0.4 is 5.32 Å². The van der Waals surface area contributed by atoms with Gasteiger partial charge in [0.15, 0.2) is 0 Å². The van der Waals surface area contributed by atoms with Crippen LogP contribution in [-0.2, 0) is 0 Å². The molecule has 1 aliphatic carbocycles. The maximum Gasteiger partial charge on any atom is 0.0931 e. The van der Waals surface area contributed by atoms with E-state index in [9.17, 15) is 0 Å². The lowest BCUT2D eigenvalue weighted by Gasteiger charge is -2.37. The van der Waals surface area contributed by atoms with Gasteiger partial charge in [-0.05, 0) is 30.9 Å². The zero-order chi connectivity index (χ0) is 12.4. The molecule has 1 aromatic rings. The molecule has 2 aliphatic rings. The fourth-order valence-corrected chi connectivity index (χ4v) is 4.72. The average molecular weight is 285 g/mol. The molecule has 1 aromatic heterocycles. The van der Waals surface area contributed by atoms with E-state index < -0.39 is 0 Å². The van der Waals surface area contributed by atoms with Crippen LogP contribution in [0.3, 0.4) is 0 Å². The fraction of sp³-hybridized carbons (Fsp3) is 0.714. The molecule has 1 atom stereocenters. The number of halogens is 1. The Bertz CT molecular complexity index is 381. The van der Waals surface area contributed by atoms with Gasteiger partial charge in [-0.1, -0.05) is 24.4 Å². The minimum Gasteiger partial charge on any atom is -0.314 e. The molecule has 100 valence electrons. The molecule has 1 N–H and O–H groups in total. The standard InChI is InChI=1S/C14H21ClN2S/c15-13-6-5-12(18-13)14(11-3-1-2-4-11)17-9-7-16-8-10-17/h5-6,11,14,16H,1-4,7-10H2/t14-/m1/s1. The Morgan fingerprint density at radius 3 is 2.56 bits per heavy atom. The third-order valence-corrected chi connectivity index (χ3v) is 5.58. The van der Waals surface area contributed by atoms with Crippen LogP contribution in [0, 0.1) is 5.92 Å². The van der Waals surface area contributed by atoms with E-state index >= 15 is 0 Å². The van der Waals surface area contributed by atoms with E-state index in [0.29, 0.717) is 6.04 Å². The van der Waals surface area contributed by atoms with Crippen molar-refractivity contribution in [2.75, 3.05) is 26.2 Å². The highest BCUT2D eigenvalue weighted by atomic mass is 35.5. The van der Waals surface area contributed by atoms with Gasteiger partial charge < -0.3 is 5.32 Å². The second kappa shape index (κ2) is 5.91. The van der Waals surface area contributed by atoms with Crippen molar-refractivity contribution in [1.82, 2.24) is 10.2 Å². The van der Waals surface area contributed by atoms with Crippen molar-refractivity contribution in [1.29, 1.82) is 0 Å². The van der Waals surface area contributed by atoms with Crippen LogP contribution >= 0.6 is 22.9 Å². The molecule has 0 bridgehead atoms. The molecule has 0 unspecified atom stereocenters. The summed E-state index contributed by atoms with van der Waals surface area (Å²) in [5.41, 5.74) is 0. The molecule has 0 aromatic carbocycles. The van der Waals surface area contributed by atoms with Crippen molar-refractivity contribution in [2.24, 2.45) is 5.92 Å². The molecule has 18 heavy (non-hydrogen) atoms. The summed E-state index contributed by atoms with van der Waals surface area (Å²) in [4.78, 5) is 4.16. The van der Waals surface area contributed by atoms with Gasteiger partial charge in [0.25, 0.3) is 0 Å². The van der Waals surface area contributed by atoms with E-state index in [4.69, 9.17) is 11.6 Å². The predicted octanol–water partition coefficient (Wildman–Crippen LogP) is 3.54. The lowest BCUT2D eigenvalue weighted by Crippen LogP contribution is -2.46. The van der Waals surface area contributed by atoms with Crippen LogP contribution in [-0.4, -0.2) is 31.1 Å². The Morgan fingerprint density at radius 1 is 1.22 bits per heavy atom. The summed E-state index contributed by atoms with van der Waals surface area (Å²) in [6, 6.07) is 4.93. The summed E-state index contributed by atoms with van der Waals surface area (Å²) in [6.45, 7) is 4.61. The maximum atomic E-state index is 6.14. The number of hydrogen-bond acceptors (Lipinski definition) is 3. The molecule has 0 radical (unpaired) electrons. The topological polar surface area (TPSA) is 15.3 Å². The third-order valence-electron chi connectivity index (χ3n) is 4.28. The quantitative estimate of drug-likeness (QED) is 0.913. The summed E-state index contributed by atoms with van der Waals surface area (Å²) in [6.07, 6.45) is 5.60. The van der Waals surface area contributed by atoms with Crippen molar-refractivity contribution in [3.8, 4) is 0 Å². The van der Waals surface area contributed by atoms with Crippen LogP contribution in [0.1, 0.15) is 36.6 Å². The number of hydrogen-bond donors (Lipinski definition) is 1. The smallest absolute Gasteiger partial charge is 0.0931 e. The van der Waals surface area contributed by atoms with Gasteiger partial charge in [-0.3, -0.25) is 4.90 Å². The monoisotopic (exact) mass is 284 g/mol. The highest BCUT2D eigenvalue weighted by Crippen LogP contribution is 2.42. The average Bonchev–Trinajstić information content (AvgIpc) is 3.04. The zero-order valence-electron chi connectivity index (χ0n) is 10.7. The lowest BCUT2D eigenvalue weighted by molar-refractivity contribution is 0.128. The van der Waals surface area contributed by atoms with Gasteiger partial charge in [0.1, 0.15) is 0 Å². The van der Waals surface area contributed by atoms with E-state index in [0.717, 1.165) is 23.3 Å². The van der Waals surface area contributed by atoms with Crippen molar-refractivity contribution in [3.05, 3.63) is 21.3 Å². The minimum atomic E-state index is 0.618. The van der Waals surface area contributed by atoms with E-state index in [1.807, 2.05) is 0 Å². The number of nitrogens with zero attached hydrogens (tertiary/aromatic N) is 1. The second-order valence-electron chi connectivity index (χ2n) is 5.42. The van der Waals surface area contributed by atoms with Crippen LogP contribution in [0.25, 0.3) is 0 Å². The normalized spacial score (nSPS) is 24.5. The van der Waals surface area contributed by atoms with E-state index in [1.54, 1.807) is 11.3 Å². The first-order chi connectivity index (χ1) is 8.84. The van der Waals surface area contributed by atoms with E-state index in [-0.39, 0.29) is 0 Å². The summed E-state index contributed by atoms with van der Waals surface area (Å²) < 4.78 is 0.933. The number of rotatable bonds is 3. The van der Waals surface area contributed by atoms with E-state index in [2.05, 4.69) is 22.3 Å². The van der Waals surface area contributed by atoms with Crippen LogP contribution in [0.4, 0.5) is 0 Å². The molecule has 2 nitrogen and oxygen atoms in total. The van der Waals surface area contributed by atoms with Crippen molar-refractivity contribution >= 4 is 22.9 Å². The first kappa shape index (κ1) is 12.9. The summed E-state index contributed by atoms with van der Waals surface area (Å²) in [5.74, 6) is 0.845. The third kappa shape index (κ3) is 2.74. The Morgan fingerprint density at radius 2 is 1.94 bits per heavy atom. The highest BCUT2D eigenvalue weighted by Gasteiger charge is 2.32.